The zero-order valence-corrected chi connectivity index (χ0v) is 10.0. The van der Waals surface area contributed by atoms with Crippen LogP contribution >= 0.6 is 0 Å². The fourth-order valence-corrected chi connectivity index (χ4v) is 3.75. The van der Waals surface area contributed by atoms with E-state index >= 15 is 0 Å². The van der Waals surface area contributed by atoms with Crippen molar-refractivity contribution in [2.75, 3.05) is 0 Å². The highest BCUT2D eigenvalue weighted by Gasteiger charge is 2.40. The maximum Gasteiger partial charge on any atom is 0.115 e. The van der Waals surface area contributed by atoms with Crippen molar-refractivity contribution in [3.63, 3.8) is 0 Å². The second-order valence-corrected chi connectivity index (χ2v) is 5.52. The molecule has 0 aliphatic heterocycles. The number of hydrogen-bond donors (Lipinski definition) is 2. The topological polar surface area (TPSA) is 63.8 Å². The summed E-state index contributed by atoms with van der Waals surface area (Å²) in [6.45, 7) is 0. The fourth-order valence-electron chi connectivity index (χ4n) is 3.75. The maximum atomic E-state index is 5.67. The van der Waals surface area contributed by atoms with Crippen LogP contribution in [0.1, 0.15) is 43.8 Å². The summed E-state index contributed by atoms with van der Waals surface area (Å²) in [6, 6.07) is 2.14. The molecule has 17 heavy (non-hydrogen) atoms. The molecule has 2 aliphatic rings. The number of nitrogens with zero attached hydrogens (tertiary/aromatic N) is 2. The molecule has 4 heteroatoms. The van der Waals surface area contributed by atoms with Crippen LogP contribution < -0.4 is 11.3 Å². The Hall–Kier alpha value is -1.00. The van der Waals surface area contributed by atoms with Crippen molar-refractivity contribution >= 4 is 0 Å². The molecule has 3 rings (SSSR count). The Bertz CT molecular complexity index is 367. The molecule has 3 N–H and O–H groups in total. The molecule has 0 saturated heterocycles. The van der Waals surface area contributed by atoms with E-state index in [4.69, 9.17) is 5.84 Å². The van der Waals surface area contributed by atoms with Crippen LogP contribution in [-0.4, -0.2) is 9.97 Å². The minimum absolute atomic E-state index is 0.183. The Morgan fingerprint density at radius 1 is 1.41 bits per heavy atom. The van der Waals surface area contributed by atoms with Gasteiger partial charge in [-0.2, -0.15) is 0 Å². The van der Waals surface area contributed by atoms with Crippen LogP contribution in [0.2, 0.25) is 0 Å². The van der Waals surface area contributed by atoms with Crippen LogP contribution in [-0.2, 0) is 0 Å². The Kier molecular flexibility index (Phi) is 3.07. The van der Waals surface area contributed by atoms with Crippen LogP contribution in [0.5, 0.6) is 0 Å². The van der Waals surface area contributed by atoms with Crippen molar-refractivity contribution in [1.82, 2.24) is 15.4 Å². The summed E-state index contributed by atoms with van der Waals surface area (Å²) in [7, 11) is 0. The summed E-state index contributed by atoms with van der Waals surface area (Å²) >= 11 is 0. The summed E-state index contributed by atoms with van der Waals surface area (Å²) in [6.07, 6.45) is 10.2. The van der Waals surface area contributed by atoms with Gasteiger partial charge in [0, 0.05) is 6.20 Å². The molecular weight excluding hydrogens is 212 g/mol. The molecule has 2 saturated carbocycles. The van der Waals surface area contributed by atoms with E-state index in [-0.39, 0.29) is 6.04 Å². The predicted molar refractivity (Wildman–Crippen MR) is 65.7 cm³/mol. The molecule has 0 radical (unpaired) electrons. The van der Waals surface area contributed by atoms with E-state index in [1.807, 2.05) is 6.07 Å². The molecule has 92 valence electrons. The van der Waals surface area contributed by atoms with Gasteiger partial charge in [-0.15, -0.1) is 0 Å². The molecule has 1 aromatic heterocycles. The lowest BCUT2D eigenvalue weighted by atomic mass is 9.83. The van der Waals surface area contributed by atoms with Gasteiger partial charge in [-0.3, -0.25) is 11.3 Å². The van der Waals surface area contributed by atoms with Gasteiger partial charge in [0.15, 0.2) is 0 Å². The lowest BCUT2D eigenvalue weighted by Gasteiger charge is -2.25. The SMILES string of the molecule is NNC(CC1CC2CCC1C2)c1ccncn1. The van der Waals surface area contributed by atoms with Crippen molar-refractivity contribution < 1.29 is 0 Å². The Morgan fingerprint density at radius 2 is 2.35 bits per heavy atom. The molecule has 0 amide bonds. The first kappa shape index (κ1) is 11.1. The predicted octanol–water partition coefficient (Wildman–Crippen LogP) is 1.81. The third kappa shape index (κ3) is 2.19. The molecular formula is C13H20N4. The molecule has 1 aromatic rings. The van der Waals surface area contributed by atoms with E-state index in [1.165, 1.54) is 25.7 Å². The highest BCUT2D eigenvalue weighted by Crippen LogP contribution is 2.50. The molecule has 2 bridgehead atoms. The average Bonchev–Trinajstić information content (AvgIpc) is 2.99. The monoisotopic (exact) mass is 232 g/mol. The molecule has 4 unspecified atom stereocenters. The summed E-state index contributed by atoms with van der Waals surface area (Å²) in [5.74, 6) is 8.44. The van der Waals surface area contributed by atoms with Crippen LogP contribution in [0, 0.1) is 17.8 Å². The number of hydrazine groups is 1. The van der Waals surface area contributed by atoms with Crippen LogP contribution in [0.25, 0.3) is 0 Å². The van der Waals surface area contributed by atoms with Crippen molar-refractivity contribution in [3.8, 4) is 0 Å². The lowest BCUT2D eigenvalue weighted by molar-refractivity contribution is 0.278. The summed E-state index contributed by atoms with van der Waals surface area (Å²) < 4.78 is 0. The van der Waals surface area contributed by atoms with Crippen LogP contribution in [0.3, 0.4) is 0 Å². The lowest BCUT2D eigenvalue weighted by Crippen LogP contribution is -2.31. The minimum atomic E-state index is 0.183. The van der Waals surface area contributed by atoms with Crippen molar-refractivity contribution in [2.45, 2.75) is 38.1 Å². The van der Waals surface area contributed by atoms with Gasteiger partial charge in [0.05, 0.1) is 11.7 Å². The van der Waals surface area contributed by atoms with E-state index in [0.717, 1.165) is 29.9 Å². The van der Waals surface area contributed by atoms with Gasteiger partial charge in [-0.1, -0.05) is 6.42 Å². The van der Waals surface area contributed by atoms with Crippen molar-refractivity contribution in [1.29, 1.82) is 0 Å². The molecule has 0 spiro atoms. The molecule has 4 nitrogen and oxygen atoms in total. The Balaban J connectivity index is 1.67. The Morgan fingerprint density at radius 3 is 2.94 bits per heavy atom. The normalized spacial score (nSPS) is 32.9. The number of hydrogen-bond acceptors (Lipinski definition) is 4. The number of aromatic nitrogens is 2. The first-order valence-corrected chi connectivity index (χ1v) is 6.59. The van der Waals surface area contributed by atoms with E-state index in [1.54, 1.807) is 12.5 Å². The molecule has 4 atom stereocenters. The number of nitrogens with two attached hydrogens (primary N) is 1. The minimum Gasteiger partial charge on any atom is -0.271 e. The Labute approximate surface area is 102 Å². The molecule has 0 aromatic carbocycles. The molecule has 1 heterocycles. The third-order valence-corrected chi connectivity index (χ3v) is 4.59. The van der Waals surface area contributed by atoms with Gasteiger partial charge in [0.2, 0.25) is 0 Å². The van der Waals surface area contributed by atoms with Crippen LogP contribution in [0.15, 0.2) is 18.6 Å². The second-order valence-electron chi connectivity index (χ2n) is 5.52. The van der Waals surface area contributed by atoms with Gasteiger partial charge >= 0.3 is 0 Å². The van der Waals surface area contributed by atoms with Gasteiger partial charge < -0.3 is 0 Å². The third-order valence-electron chi connectivity index (χ3n) is 4.59. The van der Waals surface area contributed by atoms with Gasteiger partial charge in [-0.05, 0) is 49.5 Å². The molecule has 2 fully saturated rings. The van der Waals surface area contributed by atoms with E-state index in [2.05, 4.69) is 15.4 Å². The van der Waals surface area contributed by atoms with E-state index in [9.17, 15) is 0 Å². The summed E-state index contributed by atoms with van der Waals surface area (Å²) in [4.78, 5) is 8.25. The van der Waals surface area contributed by atoms with Gasteiger partial charge in [0.25, 0.3) is 0 Å². The van der Waals surface area contributed by atoms with Gasteiger partial charge in [-0.25, -0.2) is 9.97 Å². The fraction of sp³-hybridized carbons (Fsp3) is 0.692. The highest BCUT2D eigenvalue weighted by atomic mass is 15.2. The highest BCUT2D eigenvalue weighted by molar-refractivity contribution is 5.05. The first-order valence-electron chi connectivity index (χ1n) is 6.59. The zero-order valence-electron chi connectivity index (χ0n) is 10.0. The zero-order chi connectivity index (χ0) is 11.7. The first-order chi connectivity index (χ1) is 8.36. The quantitative estimate of drug-likeness (QED) is 0.614. The number of rotatable bonds is 4. The van der Waals surface area contributed by atoms with Crippen LogP contribution in [0.4, 0.5) is 0 Å². The standard InChI is InChI=1S/C13H20N4/c14-17-13(12-3-4-15-8-16-12)7-11-6-9-1-2-10(11)5-9/h3-4,8-11,13,17H,1-2,5-7,14H2. The van der Waals surface area contributed by atoms with Crippen molar-refractivity contribution in [3.05, 3.63) is 24.3 Å². The molecule has 2 aliphatic carbocycles. The maximum absolute atomic E-state index is 5.67. The number of nitrogens with one attached hydrogen (secondary N) is 1. The average molecular weight is 232 g/mol. The second kappa shape index (κ2) is 4.70. The van der Waals surface area contributed by atoms with Crippen molar-refractivity contribution in [2.24, 2.45) is 23.6 Å². The van der Waals surface area contributed by atoms with Gasteiger partial charge in [0.1, 0.15) is 6.33 Å². The van der Waals surface area contributed by atoms with E-state index in [0.29, 0.717) is 0 Å². The van der Waals surface area contributed by atoms with E-state index < -0.39 is 0 Å². The smallest absolute Gasteiger partial charge is 0.115 e. The number of fused-ring (bicyclic) bond motifs is 2. The largest absolute Gasteiger partial charge is 0.271 e. The summed E-state index contributed by atoms with van der Waals surface area (Å²) in [5.41, 5.74) is 3.93. The summed E-state index contributed by atoms with van der Waals surface area (Å²) in [5, 5.41) is 0.